The van der Waals surface area contributed by atoms with Crippen molar-refractivity contribution in [2.75, 3.05) is 0 Å². The number of Topliss-reactive ketones (excluding diaryl/α,β-unsaturated/α-hetero) is 1. The summed E-state index contributed by atoms with van der Waals surface area (Å²) in [7, 11) is 0. The lowest BCUT2D eigenvalue weighted by molar-refractivity contribution is -0.113. The molecule has 0 aliphatic carbocycles. The van der Waals surface area contributed by atoms with Gasteiger partial charge >= 0.3 is 5.97 Å². The number of carbonyl (C=O) groups is 2. The molecule has 0 saturated carbocycles. The number of allylic oxidation sites excluding steroid dienone is 2. The van der Waals surface area contributed by atoms with Crippen LogP contribution in [0, 0.1) is 0 Å². The number of ether oxygens (including phenoxy) is 1. The lowest BCUT2D eigenvalue weighted by Gasteiger charge is -2.02. The monoisotopic (exact) mass is 330 g/mol. The minimum Gasteiger partial charge on any atom is -0.510 e. The van der Waals surface area contributed by atoms with E-state index in [0.717, 1.165) is 0 Å². The highest BCUT2D eigenvalue weighted by molar-refractivity contribution is 7.12. The molecule has 0 fully saturated rings. The molecule has 0 radical (unpaired) electrons. The highest BCUT2D eigenvalue weighted by Gasteiger charge is 2.09. The van der Waals surface area contributed by atoms with E-state index in [-0.39, 0.29) is 17.2 Å². The second kappa shape index (κ2) is 7.46. The van der Waals surface area contributed by atoms with Gasteiger partial charge in [-0.05, 0) is 42.6 Å². The second-order valence-corrected chi connectivity index (χ2v) is 5.50. The van der Waals surface area contributed by atoms with E-state index in [1.165, 1.54) is 25.2 Å². The molecule has 0 unspecified atom stereocenters. The lowest BCUT2D eigenvalue weighted by atomic mass is 10.3. The third kappa shape index (κ3) is 4.58. The Morgan fingerprint density at radius 2 is 1.83 bits per heavy atom. The van der Waals surface area contributed by atoms with Crippen LogP contribution in [0.15, 0.2) is 63.5 Å². The first-order valence-corrected chi connectivity index (χ1v) is 7.53. The molecule has 0 aliphatic rings. The van der Waals surface area contributed by atoms with Crippen molar-refractivity contribution in [3.8, 4) is 5.75 Å². The van der Waals surface area contributed by atoms with Crippen molar-refractivity contribution in [2.45, 2.75) is 13.8 Å². The summed E-state index contributed by atoms with van der Waals surface area (Å²) in [5, 5.41) is 18.7. The van der Waals surface area contributed by atoms with E-state index in [9.17, 15) is 14.7 Å². The summed E-state index contributed by atoms with van der Waals surface area (Å²) in [5.41, 5.74) is 0.360. The topological polar surface area (TPSA) is 88.3 Å². The summed E-state index contributed by atoms with van der Waals surface area (Å²) in [4.78, 5) is 23.6. The van der Waals surface area contributed by atoms with E-state index in [0.29, 0.717) is 16.3 Å². The molecule has 7 heteroatoms. The van der Waals surface area contributed by atoms with Crippen LogP contribution in [0.4, 0.5) is 5.69 Å². The van der Waals surface area contributed by atoms with Gasteiger partial charge in [-0.15, -0.1) is 16.5 Å². The number of thiophene rings is 1. The van der Waals surface area contributed by atoms with Crippen molar-refractivity contribution in [3.05, 3.63) is 58.1 Å². The number of hydrogen-bond donors (Lipinski definition) is 1. The van der Waals surface area contributed by atoms with Crippen molar-refractivity contribution < 1.29 is 19.4 Å². The minimum absolute atomic E-state index is 0.0989. The lowest BCUT2D eigenvalue weighted by Crippen LogP contribution is -2.05. The first-order chi connectivity index (χ1) is 11.0. The minimum atomic E-state index is -0.424. The molecule has 0 atom stereocenters. The summed E-state index contributed by atoms with van der Waals surface area (Å²) in [6.07, 6.45) is 0. The average Bonchev–Trinajstić information content (AvgIpc) is 3.02. The molecule has 2 rings (SSSR count). The predicted molar refractivity (Wildman–Crippen MR) is 86.2 cm³/mol. The van der Waals surface area contributed by atoms with Crippen LogP contribution >= 0.6 is 11.3 Å². The van der Waals surface area contributed by atoms with Crippen LogP contribution in [0.5, 0.6) is 5.75 Å². The molecule has 0 bridgehead atoms. The average molecular weight is 330 g/mol. The Balaban J connectivity index is 2.06. The maximum absolute atomic E-state index is 11.8. The van der Waals surface area contributed by atoms with Crippen molar-refractivity contribution >= 4 is 28.8 Å². The summed E-state index contributed by atoms with van der Waals surface area (Å²) < 4.78 is 5.21. The zero-order valence-electron chi connectivity index (χ0n) is 12.5. The number of hydrogen-bond acceptors (Lipinski definition) is 7. The van der Waals surface area contributed by atoms with E-state index >= 15 is 0 Å². The Morgan fingerprint density at radius 1 is 1.13 bits per heavy atom. The highest BCUT2D eigenvalue weighted by atomic mass is 32.1. The van der Waals surface area contributed by atoms with Crippen molar-refractivity contribution in [1.82, 2.24) is 0 Å². The van der Waals surface area contributed by atoms with Gasteiger partial charge in [0.05, 0.1) is 5.69 Å². The van der Waals surface area contributed by atoms with Crippen molar-refractivity contribution in [1.29, 1.82) is 0 Å². The number of aliphatic hydroxyl groups is 1. The molecule has 1 heterocycles. The zero-order valence-corrected chi connectivity index (χ0v) is 13.3. The first-order valence-electron chi connectivity index (χ1n) is 6.65. The largest absolute Gasteiger partial charge is 0.510 e. The highest BCUT2D eigenvalue weighted by Crippen LogP contribution is 2.21. The van der Waals surface area contributed by atoms with Crippen LogP contribution in [0.1, 0.15) is 23.5 Å². The van der Waals surface area contributed by atoms with Gasteiger partial charge in [0.15, 0.2) is 11.5 Å². The molecule has 6 nitrogen and oxygen atoms in total. The smallest absolute Gasteiger partial charge is 0.353 e. The Bertz CT molecular complexity index is 758. The van der Waals surface area contributed by atoms with Crippen LogP contribution in [0.3, 0.4) is 0 Å². The second-order valence-electron chi connectivity index (χ2n) is 4.55. The van der Waals surface area contributed by atoms with Gasteiger partial charge < -0.3 is 9.84 Å². The molecular weight excluding hydrogens is 316 g/mol. The number of nitrogens with zero attached hydrogens (tertiary/aromatic N) is 2. The van der Waals surface area contributed by atoms with Crippen molar-refractivity contribution in [3.63, 3.8) is 0 Å². The fourth-order valence-corrected chi connectivity index (χ4v) is 2.24. The quantitative estimate of drug-likeness (QED) is 0.289. The van der Waals surface area contributed by atoms with Gasteiger partial charge in [0.25, 0.3) is 0 Å². The molecule has 2 aromatic rings. The number of ketones is 1. The molecule has 1 aromatic heterocycles. The van der Waals surface area contributed by atoms with Crippen LogP contribution < -0.4 is 4.74 Å². The summed E-state index contributed by atoms with van der Waals surface area (Å²) in [5.74, 6) is -0.618. The number of esters is 1. The maximum atomic E-state index is 11.8. The van der Waals surface area contributed by atoms with E-state index in [4.69, 9.17) is 4.74 Å². The SMILES string of the molecule is CC(=O)/C(N=Nc1ccc(OC(=O)c2cccs2)cc1)=C(/C)O. The van der Waals surface area contributed by atoms with E-state index < -0.39 is 5.97 Å². The Labute approximate surface area is 136 Å². The van der Waals surface area contributed by atoms with Crippen LogP contribution in [-0.2, 0) is 4.79 Å². The summed E-state index contributed by atoms with van der Waals surface area (Å²) >= 11 is 1.30. The van der Waals surface area contributed by atoms with Crippen LogP contribution in [-0.4, -0.2) is 16.9 Å². The fraction of sp³-hybridized carbons (Fsp3) is 0.125. The predicted octanol–water partition coefficient (Wildman–Crippen LogP) is 4.43. The van der Waals surface area contributed by atoms with E-state index in [1.54, 1.807) is 41.8 Å². The van der Waals surface area contributed by atoms with Crippen molar-refractivity contribution in [2.24, 2.45) is 10.2 Å². The van der Waals surface area contributed by atoms with E-state index in [1.807, 2.05) is 0 Å². The van der Waals surface area contributed by atoms with Gasteiger partial charge in [-0.1, -0.05) is 6.07 Å². The maximum Gasteiger partial charge on any atom is 0.353 e. The van der Waals surface area contributed by atoms with Crippen LogP contribution in [0.2, 0.25) is 0 Å². The van der Waals surface area contributed by atoms with Gasteiger partial charge in [0, 0.05) is 6.92 Å². The van der Waals surface area contributed by atoms with Crippen LogP contribution in [0.25, 0.3) is 0 Å². The number of aliphatic hydroxyl groups excluding tert-OH is 1. The molecule has 0 spiro atoms. The molecule has 0 aliphatic heterocycles. The number of benzene rings is 1. The Hall–Kier alpha value is -2.80. The van der Waals surface area contributed by atoms with Gasteiger partial charge in [-0.25, -0.2) is 4.79 Å². The number of rotatable bonds is 5. The third-order valence-electron chi connectivity index (χ3n) is 2.71. The molecule has 23 heavy (non-hydrogen) atoms. The molecular formula is C16H14N2O4S. The van der Waals surface area contributed by atoms with E-state index in [2.05, 4.69) is 10.2 Å². The zero-order chi connectivity index (χ0) is 16.8. The first kappa shape index (κ1) is 16.6. The molecule has 1 aromatic carbocycles. The Morgan fingerprint density at radius 3 is 2.35 bits per heavy atom. The molecule has 118 valence electrons. The standard InChI is InChI=1S/C16H14N2O4S/c1-10(19)15(11(2)20)18-17-12-5-7-13(8-6-12)22-16(21)14-4-3-9-23-14/h3-9,19H,1-2H3/b15-10+,18-17?. The fourth-order valence-electron chi connectivity index (χ4n) is 1.64. The number of carbonyl (C=O) groups excluding carboxylic acids is 2. The van der Waals surface area contributed by atoms with Gasteiger partial charge in [0.1, 0.15) is 16.4 Å². The molecule has 0 amide bonds. The third-order valence-corrected chi connectivity index (χ3v) is 3.56. The van der Waals surface area contributed by atoms with Gasteiger partial charge in [-0.2, -0.15) is 5.11 Å². The normalized spacial score (nSPS) is 12.1. The molecule has 1 N–H and O–H groups in total. The van der Waals surface area contributed by atoms with Gasteiger partial charge in [0.2, 0.25) is 0 Å². The summed E-state index contributed by atoms with van der Waals surface area (Å²) in [6, 6.07) is 9.78. The molecule has 0 saturated heterocycles. The Kier molecular flexibility index (Phi) is 5.37. The number of azo groups is 1. The summed E-state index contributed by atoms with van der Waals surface area (Å²) in [6.45, 7) is 2.66. The van der Waals surface area contributed by atoms with Gasteiger partial charge in [-0.3, -0.25) is 4.79 Å².